The molecule has 2 aliphatic heterocycles. The van der Waals surface area contributed by atoms with Gasteiger partial charge in [-0.2, -0.15) is 5.10 Å². The van der Waals surface area contributed by atoms with Crippen molar-refractivity contribution in [1.82, 2.24) is 24.6 Å². The van der Waals surface area contributed by atoms with Crippen LogP contribution in [0.1, 0.15) is 62.7 Å². The van der Waals surface area contributed by atoms with Crippen molar-refractivity contribution < 1.29 is 9.59 Å². The Bertz CT molecular complexity index is 1300. The van der Waals surface area contributed by atoms with E-state index in [4.69, 9.17) is 10.8 Å². The maximum absolute atomic E-state index is 13.4. The molecule has 2 amide bonds. The number of carbonyl (C=O) groups excluding carboxylic acids is 2. The van der Waals surface area contributed by atoms with E-state index in [1.54, 1.807) is 11.0 Å². The Morgan fingerprint density at radius 1 is 1.16 bits per heavy atom. The van der Waals surface area contributed by atoms with Crippen LogP contribution in [0.5, 0.6) is 0 Å². The molecule has 4 heterocycles. The largest absolute Gasteiger partial charge is 0.383 e. The number of hydrogen-bond donors (Lipinski definition) is 2. The van der Waals surface area contributed by atoms with E-state index in [0.29, 0.717) is 36.4 Å². The van der Waals surface area contributed by atoms with E-state index in [-0.39, 0.29) is 6.04 Å². The molecule has 2 fully saturated rings. The van der Waals surface area contributed by atoms with Crippen molar-refractivity contribution >= 4 is 34.2 Å². The number of piperidine rings is 2. The van der Waals surface area contributed by atoms with Crippen molar-refractivity contribution in [2.75, 3.05) is 37.7 Å². The summed E-state index contributed by atoms with van der Waals surface area (Å²) in [5.41, 5.74) is 9.21. The fourth-order valence-corrected chi connectivity index (χ4v) is 5.72. The van der Waals surface area contributed by atoms with Crippen LogP contribution in [-0.4, -0.2) is 63.1 Å². The molecule has 0 spiro atoms. The molecule has 2 aromatic heterocycles. The number of hydrogen-bond acceptors (Lipinski definition) is 6. The Kier molecular flexibility index (Phi) is 7.15. The van der Waals surface area contributed by atoms with Crippen molar-refractivity contribution in [1.29, 1.82) is 0 Å². The summed E-state index contributed by atoms with van der Waals surface area (Å²) < 4.78 is 2.11. The van der Waals surface area contributed by atoms with Crippen LogP contribution in [0.2, 0.25) is 0 Å². The first-order valence-electron chi connectivity index (χ1n) is 13.4. The molecule has 1 unspecified atom stereocenters. The number of likely N-dealkylation sites (N-methyl/N-ethyl adjacent to an activating group) is 1. The minimum Gasteiger partial charge on any atom is -0.383 e. The fraction of sp³-hybridized carbons (Fsp3) is 0.500. The summed E-state index contributed by atoms with van der Waals surface area (Å²) in [5, 5.41) is 8.65. The number of benzene rings is 1. The Hall–Kier alpha value is -3.46. The van der Waals surface area contributed by atoms with Crippen LogP contribution in [0.25, 0.3) is 10.9 Å². The molecule has 9 nitrogen and oxygen atoms in total. The summed E-state index contributed by atoms with van der Waals surface area (Å²) in [4.78, 5) is 34.7. The first-order valence-corrected chi connectivity index (χ1v) is 13.4. The molecule has 2 aliphatic rings. The van der Waals surface area contributed by atoms with Gasteiger partial charge in [0, 0.05) is 24.7 Å². The molecular formula is C28H37N7O2. The van der Waals surface area contributed by atoms with E-state index in [9.17, 15) is 9.59 Å². The van der Waals surface area contributed by atoms with Gasteiger partial charge >= 0.3 is 11.8 Å². The molecule has 3 atom stereocenters. The van der Waals surface area contributed by atoms with Gasteiger partial charge in [-0.1, -0.05) is 19.9 Å². The van der Waals surface area contributed by atoms with Crippen molar-refractivity contribution in [3.63, 3.8) is 0 Å². The second-order valence-electron chi connectivity index (χ2n) is 10.7. The lowest BCUT2D eigenvalue weighted by atomic mass is 9.89. The van der Waals surface area contributed by atoms with Crippen LogP contribution in [-0.2, 0) is 16.0 Å². The molecule has 0 aliphatic carbocycles. The fourth-order valence-electron chi connectivity index (χ4n) is 5.72. The van der Waals surface area contributed by atoms with Crippen LogP contribution < -0.4 is 11.1 Å². The standard InChI is InChI=1S/C28H37N7O2/c1-4-19-13-22(14-30-26(19)29)31-27(36)28(37)34-15-18(2)7-10-25(34)20-8-9-24-21(12-20)16-35(32-24)23-6-5-11-33(3)17-23/h8-9,12-14,16,18,23,25H,4-7,10-11,15,17H2,1-3H3,(H2,29,30)(H,31,36)/t18-,23?,25+/m0/s1. The summed E-state index contributed by atoms with van der Waals surface area (Å²) >= 11 is 0. The number of nitrogens with zero attached hydrogens (tertiary/aromatic N) is 5. The van der Waals surface area contributed by atoms with Crippen molar-refractivity contribution in [3.8, 4) is 0 Å². The van der Waals surface area contributed by atoms with E-state index >= 15 is 0 Å². The smallest absolute Gasteiger partial charge is 0.313 e. The third-order valence-electron chi connectivity index (χ3n) is 7.82. The quantitative estimate of drug-likeness (QED) is 0.525. The van der Waals surface area contributed by atoms with Gasteiger partial charge in [0.15, 0.2) is 0 Å². The number of pyridine rings is 1. The SMILES string of the molecule is CCc1cc(NC(=O)C(=O)N2C[C@@H](C)CC[C@@H]2c2ccc3nn(C4CCCN(C)C4)cc3c2)cnc1N. The van der Waals surface area contributed by atoms with Crippen LogP contribution in [0, 0.1) is 5.92 Å². The number of nitrogens with two attached hydrogens (primary N) is 1. The highest BCUT2D eigenvalue weighted by atomic mass is 16.2. The van der Waals surface area contributed by atoms with Crippen molar-refractivity contribution in [2.45, 2.75) is 58.0 Å². The van der Waals surface area contributed by atoms with Gasteiger partial charge in [0.05, 0.1) is 29.5 Å². The number of fused-ring (bicyclic) bond motifs is 1. The highest BCUT2D eigenvalue weighted by Crippen LogP contribution is 2.35. The Morgan fingerprint density at radius 2 is 2.00 bits per heavy atom. The van der Waals surface area contributed by atoms with Gasteiger partial charge in [-0.25, -0.2) is 4.98 Å². The predicted molar refractivity (Wildman–Crippen MR) is 145 cm³/mol. The van der Waals surface area contributed by atoms with E-state index in [1.807, 2.05) is 13.0 Å². The van der Waals surface area contributed by atoms with Crippen LogP contribution >= 0.6 is 0 Å². The first kappa shape index (κ1) is 25.2. The van der Waals surface area contributed by atoms with Crippen LogP contribution in [0.3, 0.4) is 0 Å². The molecule has 37 heavy (non-hydrogen) atoms. The molecule has 9 heteroatoms. The van der Waals surface area contributed by atoms with Gasteiger partial charge in [0.1, 0.15) is 5.82 Å². The maximum atomic E-state index is 13.4. The zero-order chi connectivity index (χ0) is 26.1. The molecule has 0 radical (unpaired) electrons. The number of aromatic nitrogens is 3. The number of nitrogen functional groups attached to an aromatic ring is 1. The molecule has 0 bridgehead atoms. The van der Waals surface area contributed by atoms with Crippen molar-refractivity contribution in [3.05, 3.63) is 47.8 Å². The van der Waals surface area contributed by atoms with E-state index < -0.39 is 11.8 Å². The monoisotopic (exact) mass is 503 g/mol. The first-order chi connectivity index (χ1) is 17.8. The molecule has 0 saturated carbocycles. The highest BCUT2D eigenvalue weighted by molar-refractivity contribution is 6.39. The number of rotatable bonds is 4. The minimum atomic E-state index is -0.650. The molecule has 3 N–H and O–H groups in total. The normalized spacial score (nSPS) is 22.8. The highest BCUT2D eigenvalue weighted by Gasteiger charge is 2.34. The number of anilines is 2. The molecule has 1 aromatic carbocycles. The van der Waals surface area contributed by atoms with Crippen LogP contribution in [0.15, 0.2) is 36.7 Å². The second kappa shape index (κ2) is 10.5. The molecule has 5 rings (SSSR count). The van der Waals surface area contributed by atoms with Crippen molar-refractivity contribution in [2.24, 2.45) is 5.92 Å². The van der Waals surface area contributed by atoms with Crippen LogP contribution in [0.4, 0.5) is 11.5 Å². The van der Waals surface area contributed by atoms with Gasteiger partial charge < -0.3 is 20.9 Å². The number of carbonyl (C=O) groups is 2. The molecular weight excluding hydrogens is 466 g/mol. The number of likely N-dealkylation sites (tertiary alicyclic amines) is 2. The van der Waals surface area contributed by atoms with Gasteiger partial charge in [-0.05, 0) is 80.9 Å². The topological polar surface area (TPSA) is 109 Å². The third kappa shape index (κ3) is 5.32. The Balaban J connectivity index is 1.36. The van der Waals surface area contributed by atoms with Gasteiger partial charge in [0.25, 0.3) is 0 Å². The van der Waals surface area contributed by atoms with E-state index in [0.717, 1.165) is 54.4 Å². The summed E-state index contributed by atoms with van der Waals surface area (Å²) in [6.07, 6.45) is 8.44. The van der Waals surface area contributed by atoms with Gasteiger partial charge in [-0.3, -0.25) is 14.3 Å². The molecule has 196 valence electrons. The number of nitrogens with one attached hydrogen (secondary N) is 1. The minimum absolute atomic E-state index is 0.154. The predicted octanol–water partition coefficient (Wildman–Crippen LogP) is 3.78. The average Bonchev–Trinajstić information content (AvgIpc) is 3.33. The van der Waals surface area contributed by atoms with Gasteiger partial charge in [-0.15, -0.1) is 0 Å². The lowest BCUT2D eigenvalue weighted by molar-refractivity contribution is -0.146. The number of amides is 2. The Morgan fingerprint density at radius 3 is 2.78 bits per heavy atom. The summed E-state index contributed by atoms with van der Waals surface area (Å²) in [7, 11) is 2.16. The molecule has 3 aromatic rings. The maximum Gasteiger partial charge on any atom is 0.313 e. The summed E-state index contributed by atoms with van der Waals surface area (Å²) in [5.74, 6) is -0.408. The van der Waals surface area contributed by atoms with E-state index in [2.05, 4.69) is 52.2 Å². The van der Waals surface area contributed by atoms with E-state index in [1.165, 1.54) is 12.6 Å². The zero-order valence-corrected chi connectivity index (χ0v) is 22.0. The second-order valence-corrected chi connectivity index (χ2v) is 10.7. The number of aryl methyl sites for hydroxylation is 1. The lowest BCUT2D eigenvalue weighted by Gasteiger charge is -2.38. The summed E-state index contributed by atoms with van der Waals surface area (Å²) in [6.45, 7) is 6.77. The molecule has 2 saturated heterocycles. The third-order valence-corrected chi connectivity index (χ3v) is 7.82. The van der Waals surface area contributed by atoms with Gasteiger partial charge in [0.2, 0.25) is 0 Å². The summed E-state index contributed by atoms with van der Waals surface area (Å²) in [6, 6.07) is 8.24. The zero-order valence-electron chi connectivity index (χ0n) is 22.0. The average molecular weight is 504 g/mol. The Labute approximate surface area is 218 Å². The lowest BCUT2D eigenvalue weighted by Crippen LogP contribution is -2.46.